The van der Waals surface area contributed by atoms with Crippen LogP contribution < -0.4 is 4.90 Å². The van der Waals surface area contributed by atoms with Crippen molar-refractivity contribution in [3.8, 4) is 0 Å². The summed E-state index contributed by atoms with van der Waals surface area (Å²) in [6.07, 6.45) is 5.86. The number of aromatic nitrogens is 1. The summed E-state index contributed by atoms with van der Waals surface area (Å²) in [4.78, 5) is 21.3. The van der Waals surface area contributed by atoms with E-state index in [1.54, 1.807) is 6.07 Å². The molecule has 4 rings (SSSR count). The monoisotopic (exact) mass is 327 g/mol. The maximum absolute atomic E-state index is 12.7. The van der Waals surface area contributed by atoms with Gasteiger partial charge in [-0.1, -0.05) is 6.07 Å². The lowest BCUT2D eigenvalue weighted by molar-refractivity contribution is 0.0690. The van der Waals surface area contributed by atoms with Gasteiger partial charge in [-0.15, -0.1) is 0 Å². The second-order valence-corrected chi connectivity index (χ2v) is 6.65. The second-order valence-electron chi connectivity index (χ2n) is 6.65. The van der Waals surface area contributed by atoms with Crippen molar-refractivity contribution in [2.75, 3.05) is 44.3 Å². The molecule has 2 aliphatic rings. The van der Waals surface area contributed by atoms with Crippen LogP contribution in [0.25, 0.3) is 0 Å². The Morgan fingerprint density at radius 1 is 1.21 bits per heavy atom. The first kappa shape index (κ1) is 15.2. The minimum atomic E-state index is -0.0343. The van der Waals surface area contributed by atoms with Crippen LogP contribution in [0.2, 0.25) is 0 Å². The van der Waals surface area contributed by atoms with E-state index < -0.39 is 0 Å². The van der Waals surface area contributed by atoms with E-state index >= 15 is 0 Å². The first-order valence-corrected chi connectivity index (χ1v) is 8.31. The van der Waals surface area contributed by atoms with E-state index in [9.17, 15) is 4.79 Å². The van der Waals surface area contributed by atoms with Crippen molar-refractivity contribution in [3.63, 3.8) is 0 Å². The molecular formula is C18H21N3O3. The first-order valence-electron chi connectivity index (χ1n) is 8.31. The highest BCUT2D eigenvalue weighted by molar-refractivity contribution is 5.93. The molecule has 1 atom stereocenters. The number of hydrogen-bond acceptors (Lipinski definition) is 5. The molecule has 2 aliphatic heterocycles. The predicted molar refractivity (Wildman–Crippen MR) is 88.9 cm³/mol. The molecule has 2 fully saturated rings. The molecule has 1 amide bonds. The minimum absolute atomic E-state index is 0.0184. The molecule has 126 valence electrons. The van der Waals surface area contributed by atoms with Crippen molar-refractivity contribution >= 4 is 11.7 Å². The number of carbonyl (C=O) groups excluding carboxylic acids is 1. The molecule has 4 heterocycles. The Hall–Kier alpha value is -2.34. The summed E-state index contributed by atoms with van der Waals surface area (Å²) in [6, 6.07) is 7.68. The molecule has 2 saturated heterocycles. The number of anilines is 1. The highest BCUT2D eigenvalue weighted by Gasteiger charge is 2.42. The number of hydrogen-bond donors (Lipinski definition) is 0. The van der Waals surface area contributed by atoms with Gasteiger partial charge in [0, 0.05) is 37.8 Å². The van der Waals surface area contributed by atoms with Crippen molar-refractivity contribution in [1.82, 2.24) is 9.88 Å². The van der Waals surface area contributed by atoms with Crippen LogP contribution in [0.1, 0.15) is 16.8 Å². The molecule has 0 unspecified atom stereocenters. The van der Waals surface area contributed by atoms with Gasteiger partial charge in [0.1, 0.15) is 12.1 Å². The molecule has 1 spiro atoms. The smallest absolute Gasteiger partial charge is 0.257 e. The van der Waals surface area contributed by atoms with E-state index in [1.807, 2.05) is 29.3 Å². The van der Waals surface area contributed by atoms with Crippen molar-refractivity contribution in [1.29, 1.82) is 0 Å². The quantitative estimate of drug-likeness (QED) is 0.845. The van der Waals surface area contributed by atoms with Gasteiger partial charge in [0.05, 0.1) is 25.0 Å². The van der Waals surface area contributed by atoms with E-state index in [4.69, 9.17) is 9.15 Å². The van der Waals surface area contributed by atoms with Gasteiger partial charge in [-0.3, -0.25) is 4.79 Å². The maximum Gasteiger partial charge on any atom is 0.257 e. The maximum atomic E-state index is 12.7. The second kappa shape index (κ2) is 6.28. The van der Waals surface area contributed by atoms with Gasteiger partial charge < -0.3 is 19.0 Å². The van der Waals surface area contributed by atoms with Crippen molar-refractivity contribution < 1.29 is 13.9 Å². The third-order valence-electron chi connectivity index (χ3n) is 4.91. The molecule has 6 heteroatoms. The zero-order chi connectivity index (χ0) is 16.4. The average Bonchev–Trinajstić information content (AvgIpc) is 3.24. The molecule has 0 N–H and O–H groups in total. The molecule has 0 aliphatic carbocycles. The van der Waals surface area contributed by atoms with Gasteiger partial charge in [0.15, 0.2) is 0 Å². The Bertz CT molecular complexity index is 689. The van der Waals surface area contributed by atoms with Gasteiger partial charge in [-0.25, -0.2) is 4.98 Å². The van der Waals surface area contributed by atoms with E-state index in [1.165, 1.54) is 12.5 Å². The van der Waals surface area contributed by atoms with E-state index in [-0.39, 0.29) is 11.3 Å². The predicted octanol–water partition coefficient (Wildman–Crippen LogP) is 2.04. The number of ether oxygens (including phenoxy) is 1. The Kier molecular flexibility index (Phi) is 3.98. The fraction of sp³-hybridized carbons (Fsp3) is 0.444. The number of furan rings is 1. The molecule has 2 aromatic rings. The third-order valence-corrected chi connectivity index (χ3v) is 4.91. The lowest BCUT2D eigenvalue weighted by atomic mass is 9.87. The summed E-state index contributed by atoms with van der Waals surface area (Å²) in [5.74, 6) is 1.01. The topological polar surface area (TPSA) is 58.8 Å². The summed E-state index contributed by atoms with van der Waals surface area (Å²) in [7, 11) is 0. The zero-order valence-electron chi connectivity index (χ0n) is 13.6. The van der Waals surface area contributed by atoms with Gasteiger partial charge >= 0.3 is 0 Å². The van der Waals surface area contributed by atoms with Crippen LogP contribution in [-0.2, 0) is 4.74 Å². The number of rotatable bonds is 2. The zero-order valence-corrected chi connectivity index (χ0v) is 13.6. The number of amides is 1. The Balaban J connectivity index is 1.51. The van der Waals surface area contributed by atoms with E-state index in [0.717, 1.165) is 25.3 Å². The molecular weight excluding hydrogens is 306 g/mol. The highest BCUT2D eigenvalue weighted by atomic mass is 16.5. The molecule has 6 nitrogen and oxygen atoms in total. The highest BCUT2D eigenvalue weighted by Crippen LogP contribution is 2.35. The van der Waals surface area contributed by atoms with Crippen LogP contribution in [0.4, 0.5) is 5.82 Å². The van der Waals surface area contributed by atoms with Crippen molar-refractivity contribution in [2.45, 2.75) is 6.42 Å². The molecule has 0 saturated carbocycles. The fourth-order valence-corrected chi connectivity index (χ4v) is 3.65. The summed E-state index contributed by atoms with van der Waals surface area (Å²) >= 11 is 0. The Morgan fingerprint density at radius 2 is 2.17 bits per heavy atom. The SMILES string of the molecule is O=C(c1ccoc1)N1CCOC[C@]2(CCN(c3ccccn3)C2)C1. The van der Waals surface area contributed by atoms with Gasteiger partial charge in [0.2, 0.25) is 0 Å². The fourth-order valence-electron chi connectivity index (χ4n) is 3.65. The lowest BCUT2D eigenvalue weighted by Crippen LogP contribution is -2.43. The van der Waals surface area contributed by atoms with Crippen LogP contribution >= 0.6 is 0 Å². The standard InChI is InChI=1S/C18H21N3O3/c22-17(15-4-9-23-11-15)21-8-10-24-14-18(13-21)5-7-20(12-18)16-3-1-2-6-19-16/h1-4,6,9,11H,5,7-8,10,12-14H2/t18-/m0/s1. The third kappa shape index (κ3) is 2.89. The normalized spacial score (nSPS) is 24.3. The van der Waals surface area contributed by atoms with Crippen LogP contribution in [0.3, 0.4) is 0 Å². The largest absolute Gasteiger partial charge is 0.472 e. The first-order chi connectivity index (χ1) is 11.8. The number of nitrogens with zero attached hydrogens (tertiary/aromatic N) is 3. The van der Waals surface area contributed by atoms with Crippen molar-refractivity contribution in [3.05, 3.63) is 48.6 Å². The Labute approximate surface area is 141 Å². The molecule has 0 radical (unpaired) electrons. The minimum Gasteiger partial charge on any atom is -0.472 e. The molecule has 2 aromatic heterocycles. The number of carbonyl (C=O) groups is 1. The Morgan fingerprint density at radius 3 is 2.96 bits per heavy atom. The summed E-state index contributed by atoms with van der Waals surface area (Å²) < 4.78 is 10.9. The van der Waals surface area contributed by atoms with Crippen LogP contribution in [0.15, 0.2) is 47.4 Å². The van der Waals surface area contributed by atoms with Gasteiger partial charge in [0.25, 0.3) is 5.91 Å². The molecule has 24 heavy (non-hydrogen) atoms. The average molecular weight is 327 g/mol. The summed E-state index contributed by atoms with van der Waals surface area (Å²) in [6.45, 7) is 4.39. The summed E-state index contributed by atoms with van der Waals surface area (Å²) in [5, 5.41) is 0. The van der Waals surface area contributed by atoms with Crippen LogP contribution in [0, 0.1) is 5.41 Å². The van der Waals surface area contributed by atoms with Crippen LogP contribution in [-0.4, -0.2) is 55.2 Å². The molecule has 0 aromatic carbocycles. The molecule has 0 bridgehead atoms. The van der Waals surface area contributed by atoms with Gasteiger partial charge in [-0.05, 0) is 24.6 Å². The van der Waals surface area contributed by atoms with E-state index in [2.05, 4.69) is 9.88 Å². The summed E-state index contributed by atoms with van der Waals surface area (Å²) in [5.41, 5.74) is 0.569. The van der Waals surface area contributed by atoms with Crippen molar-refractivity contribution in [2.24, 2.45) is 5.41 Å². The van der Waals surface area contributed by atoms with E-state index in [0.29, 0.717) is 31.9 Å². The van der Waals surface area contributed by atoms with Crippen LogP contribution in [0.5, 0.6) is 0 Å². The van der Waals surface area contributed by atoms with Gasteiger partial charge in [-0.2, -0.15) is 0 Å². The lowest BCUT2D eigenvalue weighted by Gasteiger charge is -2.31. The number of pyridine rings is 1.